The molecule has 0 heterocycles. The summed E-state index contributed by atoms with van der Waals surface area (Å²) < 4.78 is 15.8. The Labute approximate surface area is 196 Å². The molecule has 9 nitrogen and oxygen atoms in total. The van der Waals surface area contributed by atoms with Crippen molar-refractivity contribution in [3.8, 4) is 17.2 Å². The monoisotopic (exact) mass is 461 g/mol. The highest BCUT2D eigenvalue weighted by Gasteiger charge is 2.14. The van der Waals surface area contributed by atoms with Crippen LogP contribution < -0.4 is 25.0 Å². The summed E-state index contributed by atoms with van der Waals surface area (Å²) in [5.41, 5.74) is 4.51. The van der Waals surface area contributed by atoms with E-state index in [1.807, 2.05) is 13.0 Å². The van der Waals surface area contributed by atoms with Gasteiger partial charge in [-0.3, -0.25) is 9.59 Å². The summed E-state index contributed by atoms with van der Waals surface area (Å²) in [5.74, 6) is -1.21. The largest absolute Gasteiger partial charge is 0.497 e. The van der Waals surface area contributed by atoms with E-state index in [0.29, 0.717) is 22.6 Å². The van der Waals surface area contributed by atoms with Crippen LogP contribution in [0.4, 0.5) is 5.69 Å². The lowest BCUT2D eigenvalue weighted by molar-refractivity contribution is -0.136. The quantitative estimate of drug-likeness (QED) is 0.183. The van der Waals surface area contributed by atoms with Crippen molar-refractivity contribution in [2.24, 2.45) is 5.10 Å². The van der Waals surface area contributed by atoms with Gasteiger partial charge in [0.2, 0.25) is 0 Å². The van der Waals surface area contributed by atoms with E-state index in [-0.39, 0.29) is 11.5 Å². The number of methoxy groups -OCH3 is 2. The van der Waals surface area contributed by atoms with E-state index in [9.17, 15) is 14.4 Å². The minimum Gasteiger partial charge on any atom is -0.497 e. The summed E-state index contributed by atoms with van der Waals surface area (Å²) in [6.45, 7) is 1.87. The van der Waals surface area contributed by atoms with Crippen molar-refractivity contribution >= 4 is 29.7 Å². The number of rotatable bonds is 7. The maximum Gasteiger partial charge on any atom is 0.343 e. The van der Waals surface area contributed by atoms with Gasteiger partial charge >= 0.3 is 17.8 Å². The summed E-state index contributed by atoms with van der Waals surface area (Å²) in [6, 6.07) is 18.3. The molecule has 0 fully saturated rings. The summed E-state index contributed by atoms with van der Waals surface area (Å²) in [4.78, 5) is 36.4. The predicted molar refractivity (Wildman–Crippen MR) is 126 cm³/mol. The van der Waals surface area contributed by atoms with Crippen molar-refractivity contribution in [3.63, 3.8) is 0 Å². The second-order valence-electron chi connectivity index (χ2n) is 7.05. The highest BCUT2D eigenvalue weighted by atomic mass is 16.6. The average molecular weight is 461 g/mol. The number of benzene rings is 3. The summed E-state index contributed by atoms with van der Waals surface area (Å²) >= 11 is 0. The predicted octanol–water partition coefficient (Wildman–Crippen LogP) is 3.32. The van der Waals surface area contributed by atoms with Crippen LogP contribution in [0.5, 0.6) is 17.2 Å². The molecule has 0 atom stereocenters. The van der Waals surface area contributed by atoms with Crippen molar-refractivity contribution in [3.05, 3.63) is 83.4 Å². The first-order valence-corrected chi connectivity index (χ1v) is 10.1. The normalized spacial score (nSPS) is 10.4. The number of aryl methyl sites for hydroxylation is 1. The molecule has 3 aromatic rings. The number of ether oxygens (including phenoxy) is 3. The molecule has 34 heavy (non-hydrogen) atoms. The van der Waals surface area contributed by atoms with Crippen molar-refractivity contribution in [2.75, 3.05) is 19.5 Å². The fourth-order valence-corrected chi connectivity index (χ4v) is 2.86. The van der Waals surface area contributed by atoms with Crippen LogP contribution in [0.1, 0.15) is 21.5 Å². The third kappa shape index (κ3) is 6.42. The van der Waals surface area contributed by atoms with Crippen molar-refractivity contribution < 1.29 is 28.6 Å². The maximum atomic E-state index is 12.4. The van der Waals surface area contributed by atoms with E-state index in [4.69, 9.17) is 14.2 Å². The van der Waals surface area contributed by atoms with Crippen LogP contribution >= 0.6 is 0 Å². The number of amides is 2. The van der Waals surface area contributed by atoms with Gasteiger partial charge in [0.25, 0.3) is 0 Å². The number of hydrazone groups is 1. The van der Waals surface area contributed by atoms with E-state index in [2.05, 4.69) is 15.8 Å². The number of hydrogen-bond donors (Lipinski definition) is 2. The Hall–Kier alpha value is -4.66. The van der Waals surface area contributed by atoms with Crippen LogP contribution in [0.3, 0.4) is 0 Å². The smallest absolute Gasteiger partial charge is 0.343 e. The zero-order chi connectivity index (χ0) is 24.5. The number of hydrogen-bond acceptors (Lipinski definition) is 7. The second kappa shape index (κ2) is 11.3. The topological polar surface area (TPSA) is 115 Å². The van der Waals surface area contributed by atoms with Gasteiger partial charge in [0, 0.05) is 5.69 Å². The molecule has 0 aromatic heterocycles. The molecule has 0 bridgehead atoms. The third-order valence-corrected chi connectivity index (χ3v) is 4.58. The Morgan fingerprint density at radius 1 is 0.853 bits per heavy atom. The van der Waals surface area contributed by atoms with Gasteiger partial charge in [0.1, 0.15) is 5.75 Å². The van der Waals surface area contributed by atoms with Gasteiger partial charge in [-0.1, -0.05) is 12.1 Å². The Bertz CT molecular complexity index is 1220. The van der Waals surface area contributed by atoms with Crippen LogP contribution in [0.15, 0.2) is 71.8 Å². The van der Waals surface area contributed by atoms with Gasteiger partial charge in [-0.15, -0.1) is 0 Å². The lowest BCUT2D eigenvalue weighted by Gasteiger charge is -2.10. The number of esters is 1. The molecule has 0 saturated heterocycles. The number of carbonyl (C=O) groups excluding carboxylic acids is 3. The maximum absolute atomic E-state index is 12.4. The van der Waals surface area contributed by atoms with E-state index in [0.717, 1.165) is 5.56 Å². The molecule has 0 aliphatic carbocycles. The molecule has 0 saturated carbocycles. The van der Waals surface area contributed by atoms with Crippen LogP contribution in [0.25, 0.3) is 0 Å². The Kier molecular flexibility index (Phi) is 7.96. The number of nitrogens with zero attached hydrogens (tertiary/aromatic N) is 1. The van der Waals surface area contributed by atoms with Gasteiger partial charge in [0.15, 0.2) is 11.5 Å². The first-order chi connectivity index (χ1) is 16.4. The highest BCUT2D eigenvalue weighted by Crippen LogP contribution is 2.28. The molecule has 2 N–H and O–H groups in total. The molecule has 0 aliphatic heterocycles. The zero-order valence-electron chi connectivity index (χ0n) is 18.8. The van der Waals surface area contributed by atoms with E-state index < -0.39 is 17.8 Å². The van der Waals surface area contributed by atoms with Gasteiger partial charge < -0.3 is 19.5 Å². The Balaban J connectivity index is 1.60. The Morgan fingerprint density at radius 3 is 2.29 bits per heavy atom. The lowest BCUT2D eigenvalue weighted by Crippen LogP contribution is -2.32. The fourth-order valence-electron chi connectivity index (χ4n) is 2.86. The summed E-state index contributed by atoms with van der Waals surface area (Å²) in [7, 11) is 2.97. The van der Waals surface area contributed by atoms with Crippen LogP contribution in [-0.2, 0) is 9.59 Å². The molecule has 0 radical (unpaired) electrons. The lowest BCUT2D eigenvalue weighted by atomic mass is 10.2. The number of anilines is 1. The second-order valence-corrected chi connectivity index (χ2v) is 7.05. The molecule has 174 valence electrons. The van der Waals surface area contributed by atoms with Gasteiger partial charge in [-0.25, -0.2) is 10.2 Å². The highest BCUT2D eigenvalue weighted by molar-refractivity contribution is 6.39. The molecule has 0 spiro atoms. The first kappa shape index (κ1) is 24.0. The summed E-state index contributed by atoms with van der Waals surface area (Å²) in [6.07, 6.45) is 1.33. The van der Waals surface area contributed by atoms with Crippen molar-refractivity contribution in [1.29, 1.82) is 0 Å². The van der Waals surface area contributed by atoms with E-state index in [1.165, 1.54) is 26.5 Å². The van der Waals surface area contributed by atoms with Gasteiger partial charge in [-0.05, 0) is 72.6 Å². The number of nitrogens with one attached hydrogen (secondary N) is 2. The van der Waals surface area contributed by atoms with Crippen LogP contribution in [-0.4, -0.2) is 38.2 Å². The van der Waals surface area contributed by atoms with Gasteiger partial charge in [-0.2, -0.15) is 5.10 Å². The van der Waals surface area contributed by atoms with Crippen LogP contribution in [0.2, 0.25) is 0 Å². The molecule has 0 unspecified atom stereocenters. The van der Waals surface area contributed by atoms with Crippen molar-refractivity contribution in [2.45, 2.75) is 6.92 Å². The first-order valence-electron chi connectivity index (χ1n) is 10.1. The third-order valence-electron chi connectivity index (χ3n) is 4.58. The fraction of sp³-hybridized carbons (Fsp3) is 0.120. The minimum atomic E-state index is -0.922. The Morgan fingerprint density at radius 2 is 1.62 bits per heavy atom. The van der Waals surface area contributed by atoms with E-state index >= 15 is 0 Å². The molecule has 3 aromatic carbocycles. The van der Waals surface area contributed by atoms with E-state index in [1.54, 1.807) is 54.6 Å². The molecular formula is C25H23N3O6. The van der Waals surface area contributed by atoms with Gasteiger partial charge in [0.05, 0.1) is 26.0 Å². The number of carbonyl (C=O) groups is 3. The molecule has 0 aliphatic rings. The SMILES string of the molecule is COc1ccc(C(=O)Oc2ccc(/C=N\NC(=O)C(=O)Nc3cccc(C)c3)cc2OC)cc1. The molecular weight excluding hydrogens is 438 g/mol. The minimum absolute atomic E-state index is 0.210. The summed E-state index contributed by atoms with van der Waals surface area (Å²) in [5, 5.41) is 6.29. The average Bonchev–Trinajstić information content (AvgIpc) is 2.84. The van der Waals surface area contributed by atoms with Crippen LogP contribution in [0, 0.1) is 6.92 Å². The molecule has 2 amide bonds. The zero-order valence-corrected chi connectivity index (χ0v) is 18.8. The molecule has 9 heteroatoms. The standard InChI is InChI=1S/C25H23N3O6/c1-16-5-4-6-19(13-16)27-23(29)24(30)28-26-15-17-7-12-21(22(14-17)33-3)34-25(31)18-8-10-20(32-2)11-9-18/h4-15H,1-3H3,(H,27,29)(H,28,30)/b26-15-. The molecule has 3 rings (SSSR count). The van der Waals surface area contributed by atoms with Crippen molar-refractivity contribution in [1.82, 2.24) is 5.43 Å².